The molecule has 2 aromatic rings. The van der Waals surface area contributed by atoms with E-state index in [1.165, 1.54) is 22.7 Å². The summed E-state index contributed by atoms with van der Waals surface area (Å²) in [5.74, 6) is -1.65. The second-order valence-corrected chi connectivity index (χ2v) is 8.87. The van der Waals surface area contributed by atoms with Gasteiger partial charge in [-0.2, -0.15) is 0 Å². The minimum absolute atomic E-state index is 0.0974. The van der Waals surface area contributed by atoms with Gasteiger partial charge in [0.1, 0.15) is 0 Å². The average Bonchev–Trinajstić information content (AvgIpc) is 3.23. The zero-order valence-corrected chi connectivity index (χ0v) is 18.2. The first-order chi connectivity index (χ1) is 14.7. The molecular weight excluding hydrogens is 416 g/mol. The third-order valence-electron chi connectivity index (χ3n) is 5.35. The van der Waals surface area contributed by atoms with Crippen molar-refractivity contribution in [3.8, 4) is 0 Å². The number of rotatable bonds is 7. The van der Waals surface area contributed by atoms with Crippen LogP contribution in [0.3, 0.4) is 0 Å². The number of aliphatic carboxylic acids is 1. The molecule has 1 atom stereocenters. The summed E-state index contributed by atoms with van der Waals surface area (Å²) in [6, 6.07) is 12.4. The lowest BCUT2D eigenvalue weighted by atomic mass is 10.0. The van der Waals surface area contributed by atoms with Crippen LogP contribution < -0.4 is 0 Å². The zero-order valence-electron chi connectivity index (χ0n) is 17.4. The highest BCUT2D eigenvalue weighted by atomic mass is 32.2. The molecule has 0 saturated carbocycles. The Balaban J connectivity index is 1.86. The molecular formula is C23H24N2O5S. The predicted molar refractivity (Wildman–Crippen MR) is 119 cm³/mol. The largest absolute Gasteiger partial charge is 0.481 e. The summed E-state index contributed by atoms with van der Waals surface area (Å²) in [6.07, 6.45) is 0.388. The van der Waals surface area contributed by atoms with Crippen molar-refractivity contribution in [1.82, 2.24) is 4.90 Å². The fourth-order valence-corrected chi connectivity index (χ4v) is 4.74. The van der Waals surface area contributed by atoms with E-state index >= 15 is 0 Å². The molecule has 0 spiro atoms. The topological polar surface area (TPSA) is 101 Å². The minimum Gasteiger partial charge on any atom is -0.481 e. The zero-order chi connectivity index (χ0) is 22.7. The molecule has 0 aromatic heterocycles. The first-order valence-corrected chi connectivity index (χ1v) is 10.8. The van der Waals surface area contributed by atoms with Crippen molar-refractivity contribution >= 4 is 34.9 Å². The summed E-state index contributed by atoms with van der Waals surface area (Å²) in [5.41, 5.74) is 1.48. The first-order valence-electron chi connectivity index (χ1n) is 9.95. The Hall–Kier alpha value is -3.13. The molecule has 3 rings (SSSR count). The van der Waals surface area contributed by atoms with Crippen LogP contribution in [0.4, 0.5) is 5.69 Å². The van der Waals surface area contributed by atoms with Crippen LogP contribution in [0.25, 0.3) is 5.57 Å². The van der Waals surface area contributed by atoms with Crippen molar-refractivity contribution in [2.45, 2.75) is 36.0 Å². The normalized spacial score (nSPS) is 15.8. The smallest absolute Gasteiger partial charge is 0.308 e. The van der Waals surface area contributed by atoms with Gasteiger partial charge in [-0.3, -0.25) is 19.7 Å². The Morgan fingerprint density at radius 2 is 1.94 bits per heavy atom. The maximum Gasteiger partial charge on any atom is 0.308 e. The van der Waals surface area contributed by atoms with Crippen molar-refractivity contribution in [1.29, 1.82) is 0 Å². The van der Waals surface area contributed by atoms with E-state index in [1.807, 2.05) is 24.3 Å². The molecule has 7 nitrogen and oxygen atoms in total. The third-order valence-corrected chi connectivity index (χ3v) is 6.50. The third kappa shape index (κ3) is 4.96. The molecule has 8 heteroatoms. The molecule has 2 aromatic carbocycles. The second kappa shape index (κ2) is 9.34. The van der Waals surface area contributed by atoms with Crippen LogP contribution in [0, 0.1) is 16.0 Å². The standard InChI is InChI=1S/C23H24N2O5S/c1-14(2)18-6-4-5-7-20(18)31-21-9-8-16(12-19(21)25(29)30)15(3)22(26)24-11-10-17(13-24)23(27)28/h4-9,12,14,17H,3,10-11,13H2,1-2H3,(H,27,28). The van der Waals surface area contributed by atoms with Gasteiger partial charge in [0.05, 0.1) is 15.7 Å². The number of nitrogens with zero attached hydrogens (tertiary/aromatic N) is 2. The Labute approximate surface area is 184 Å². The lowest BCUT2D eigenvalue weighted by Crippen LogP contribution is -2.30. The van der Waals surface area contributed by atoms with Crippen molar-refractivity contribution in [2.75, 3.05) is 13.1 Å². The number of hydrogen-bond acceptors (Lipinski definition) is 5. The number of carbonyl (C=O) groups excluding carboxylic acids is 1. The summed E-state index contributed by atoms with van der Waals surface area (Å²) >= 11 is 1.32. The summed E-state index contributed by atoms with van der Waals surface area (Å²) in [5, 5.41) is 20.9. The molecule has 1 unspecified atom stereocenters. The molecule has 1 aliphatic heterocycles. The Morgan fingerprint density at radius 3 is 2.55 bits per heavy atom. The number of nitro benzene ring substituents is 1. The summed E-state index contributed by atoms with van der Waals surface area (Å²) in [7, 11) is 0. The van der Waals surface area contributed by atoms with Gasteiger partial charge in [-0.05, 0) is 35.6 Å². The Morgan fingerprint density at radius 1 is 1.23 bits per heavy atom. The molecule has 1 N–H and O–H groups in total. The number of carboxylic acids is 1. The minimum atomic E-state index is -0.931. The van der Waals surface area contributed by atoms with E-state index < -0.39 is 22.7 Å². The van der Waals surface area contributed by atoms with Crippen LogP contribution >= 0.6 is 11.8 Å². The molecule has 1 saturated heterocycles. The van der Waals surface area contributed by atoms with E-state index in [2.05, 4.69) is 20.4 Å². The fourth-order valence-electron chi connectivity index (χ4n) is 3.56. The van der Waals surface area contributed by atoms with E-state index in [0.29, 0.717) is 23.4 Å². The molecule has 1 aliphatic rings. The van der Waals surface area contributed by atoms with Crippen molar-refractivity contribution in [2.24, 2.45) is 5.92 Å². The monoisotopic (exact) mass is 440 g/mol. The Bertz CT molecular complexity index is 1050. The van der Waals surface area contributed by atoms with Crippen molar-refractivity contribution in [3.05, 3.63) is 70.3 Å². The van der Waals surface area contributed by atoms with Gasteiger partial charge in [-0.15, -0.1) is 0 Å². The van der Waals surface area contributed by atoms with Crippen LogP contribution in [0.2, 0.25) is 0 Å². The van der Waals surface area contributed by atoms with Gasteiger partial charge in [0.2, 0.25) is 0 Å². The van der Waals surface area contributed by atoms with Gasteiger partial charge < -0.3 is 10.0 Å². The summed E-state index contributed by atoms with van der Waals surface area (Å²) < 4.78 is 0. The number of hydrogen-bond donors (Lipinski definition) is 1. The molecule has 0 radical (unpaired) electrons. The van der Waals surface area contributed by atoms with Gasteiger partial charge in [-0.25, -0.2) is 0 Å². The van der Waals surface area contributed by atoms with Gasteiger partial charge in [0, 0.05) is 29.6 Å². The quantitative estimate of drug-likeness (QED) is 0.376. The van der Waals surface area contributed by atoms with Gasteiger partial charge >= 0.3 is 5.97 Å². The molecule has 31 heavy (non-hydrogen) atoms. The fraction of sp³-hybridized carbons (Fsp3) is 0.304. The van der Waals surface area contributed by atoms with E-state index in [-0.39, 0.29) is 23.7 Å². The molecule has 0 bridgehead atoms. The molecule has 1 amide bonds. The second-order valence-electron chi connectivity index (χ2n) is 7.79. The SMILES string of the molecule is C=C(C(=O)N1CCC(C(=O)O)C1)c1ccc(Sc2ccccc2C(C)C)c([N+](=O)[O-])c1. The Kier molecular flexibility index (Phi) is 6.80. The molecule has 162 valence electrons. The van der Waals surface area contributed by atoms with Crippen molar-refractivity contribution in [3.63, 3.8) is 0 Å². The van der Waals surface area contributed by atoms with Crippen LogP contribution in [-0.2, 0) is 9.59 Å². The number of likely N-dealkylation sites (tertiary alicyclic amines) is 1. The van der Waals surface area contributed by atoms with Gasteiger partial charge in [-0.1, -0.05) is 56.5 Å². The number of benzene rings is 2. The first kappa shape index (κ1) is 22.6. The average molecular weight is 441 g/mol. The molecule has 1 fully saturated rings. The van der Waals surface area contributed by atoms with Gasteiger partial charge in [0.25, 0.3) is 11.6 Å². The number of amides is 1. The molecule has 0 aliphatic carbocycles. The van der Waals surface area contributed by atoms with Crippen LogP contribution in [0.1, 0.15) is 37.3 Å². The highest BCUT2D eigenvalue weighted by Crippen LogP contribution is 2.39. The maximum atomic E-state index is 12.7. The van der Waals surface area contributed by atoms with E-state index in [4.69, 9.17) is 5.11 Å². The lowest BCUT2D eigenvalue weighted by molar-refractivity contribution is -0.387. The molecule has 1 heterocycles. The number of nitro groups is 1. The van der Waals surface area contributed by atoms with E-state index in [9.17, 15) is 19.7 Å². The van der Waals surface area contributed by atoms with Gasteiger partial charge in [0.15, 0.2) is 0 Å². The number of carboxylic acid groups (broad SMARTS) is 1. The predicted octanol–water partition coefficient (Wildman–Crippen LogP) is 4.82. The lowest BCUT2D eigenvalue weighted by Gasteiger charge is -2.18. The van der Waals surface area contributed by atoms with Crippen LogP contribution in [0.5, 0.6) is 0 Å². The van der Waals surface area contributed by atoms with Crippen molar-refractivity contribution < 1.29 is 19.6 Å². The highest BCUT2D eigenvalue weighted by molar-refractivity contribution is 7.99. The van der Waals surface area contributed by atoms with E-state index in [0.717, 1.165) is 10.5 Å². The van der Waals surface area contributed by atoms with E-state index in [1.54, 1.807) is 12.1 Å². The van der Waals surface area contributed by atoms with Crippen LogP contribution in [-0.4, -0.2) is 39.9 Å². The summed E-state index contributed by atoms with van der Waals surface area (Å²) in [6.45, 7) is 8.41. The number of carbonyl (C=O) groups is 2. The maximum absolute atomic E-state index is 12.7. The summed E-state index contributed by atoms with van der Waals surface area (Å²) in [4.78, 5) is 38.0. The highest BCUT2D eigenvalue weighted by Gasteiger charge is 2.32. The van der Waals surface area contributed by atoms with Crippen LogP contribution in [0.15, 0.2) is 58.8 Å².